The number of alkyl halides is 1. The molecule has 3 nitrogen and oxygen atoms in total. The molecule has 0 fully saturated rings. The van der Waals surface area contributed by atoms with E-state index in [2.05, 4.69) is 0 Å². The van der Waals surface area contributed by atoms with Crippen LogP contribution in [0, 0.1) is 0 Å². The zero-order chi connectivity index (χ0) is 11.5. The zero-order valence-corrected chi connectivity index (χ0v) is 11.1. The van der Waals surface area contributed by atoms with Gasteiger partial charge in [0, 0.05) is 17.8 Å². The van der Waals surface area contributed by atoms with Gasteiger partial charge in [0.2, 0.25) is 10.0 Å². The summed E-state index contributed by atoms with van der Waals surface area (Å²) in [5.41, 5.74) is 0. The molecule has 6 heteroatoms. The number of halogens is 1. The van der Waals surface area contributed by atoms with Gasteiger partial charge in [-0.3, -0.25) is 0 Å². The number of hydrogen-bond donors (Lipinski definition) is 0. The number of thiophene rings is 1. The van der Waals surface area contributed by atoms with E-state index in [0.29, 0.717) is 0 Å². The topological polar surface area (TPSA) is 37.4 Å². The first kappa shape index (κ1) is 13.0. The van der Waals surface area contributed by atoms with Gasteiger partial charge in [-0.15, -0.1) is 22.9 Å². The van der Waals surface area contributed by atoms with Gasteiger partial charge >= 0.3 is 0 Å². The van der Waals surface area contributed by atoms with Crippen molar-refractivity contribution in [3.05, 3.63) is 22.4 Å². The highest BCUT2D eigenvalue weighted by molar-refractivity contribution is 7.89. The summed E-state index contributed by atoms with van der Waals surface area (Å²) in [5.74, 6) is 0.116. The Hall–Kier alpha value is -0.100. The van der Waals surface area contributed by atoms with E-state index in [1.807, 2.05) is 24.4 Å². The summed E-state index contributed by atoms with van der Waals surface area (Å²) >= 11 is 7.01. The van der Waals surface area contributed by atoms with Crippen molar-refractivity contribution >= 4 is 33.0 Å². The summed E-state index contributed by atoms with van der Waals surface area (Å²) in [6.07, 6.45) is 0. The third kappa shape index (κ3) is 3.17. The Bertz CT molecular complexity index is 388. The van der Waals surface area contributed by atoms with Gasteiger partial charge in [0.15, 0.2) is 0 Å². The molecule has 1 atom stereocenters. The lowest BCUT2D eigenvalue weighted by molar-refractivity contribution is 0.404. The summed E-state index contributed by atoms with van der Waals surface area (Å²) in [6, 6.07) is 3.72. The van der Waals surface area contributed by atoms with Crippen LogP contribution in [0.25, 0.3) is 0 Å². The van der Waals surface area contributed by atoms with Crippen LogP contribution in [-0.4, -0.2) is 31.4 Å². The fraction of sp³-hybridized carbons (Fsp3) is 0.556. The minimum Gasteiger partial charge on any atom is -0.212 e. The van der Waals surface area contributed by atoms with E-state index in [9.17, 15) is 8.42 Å². The molecular formula is C9H14ClNO2S2. The van der Waals surface area contributed by atoms with Crippen molar-refractivity contribution < 1.29 is 8.42 Å². The van der Waals surface area contributed by atoms with Crippen molar-refractivity contribution in [3.63, 3.8) is 0 Å². The molecule has 1 aromatic rings. The van der Waals surface area contributed by atoms with Gasteiger partial charge in [0.1, 0.15) is 0 Å². The maximum absolute atomic E-state index is 11.7. The van der Waals surface area contributed by atoms with Crippen LogP contribution in [0.1, 0.15) is 17.8 Å². The van der Waals surface area contributed by atoms with E-state index in [1.54, 1.807) is 18.4 Å². The quantitative estimate of drug-likeness (QED) is 0.768. The molecule has 15 heavy (non-hydrogen) atoms. The molecule has 0 aliphatic rings. The van der Waals surface area contributed by atoms with Crippen molar-refractivity contribution in [1.82, 2.24) is 4.31 Å². The lowest BCUT2D eigenvalue weighted by Gasteiger charge is -2.22. The molecule has 0 saturated carbocycles. The predicted octanol–water partition coefficient (Wildman–Crippen LogP) is 2.31. The van der Waals surface area contributed by atoms with E-state index < -0.39 is 10.0 Å². The minimum absolute atomic E-state index is 0.0131. The summed E-state index contributed by atoms with van der Waals surface area (Å²) in [5, 5.41) is 1.94. The molecule has 0 aromatic carbocycles. The van der Waals surface area contributed by atoms with Crippen molar-refractivity contribution in [1.29, 1.82) is 0 Å². The van der Waals surface area contributed by atoms with Crippen LogP contribution in [0.4, 0.5) is 0 Å². The number of hydrogen-bond acceptors (Lipinski definition) is 3. The highest BCUT2D eigenvalue weighted by atomic mass is 35.5. The third-order valence-corrected chi connectivity index (χ3v) is 5.64. The van der Waals surface area contributed by atoms with E-state index in [1.165, 1.54) is 4.31 Å². The lowest BCUT2D eigenvalue weighted by Crippen LogP contribution is -2.31. The Morgan fingerprint density at radius 3 is 2.73 bits per heavy atom. The van der Waals surface area contributed by atoms with E-state index in [0.717, 1.165) is 4.88 Å². The van der Waals surface area contributed by atoms with Crippen molar-refractivity contribution in [3.8, 4) is 0 Å². The molecule has 1 unspecified atom stereocenters. The minimum atomic E-state index is -3.23. The monoisotopic (exact) mass is 267 g/mol. The van der Waals surface area contributed by atoms with Crippen LogP contribution in [-0.2, 0) is 10.0 Å². The highest BCUT2D eigenvalue weighted by Gasteiger charge is 2.23. The van der Waals surface area contributed by atoms with Gasteiger partial charge in [-0.2, -0.15) is 4.31 Å². The fourth-order valence-electron chi connectivity index (χ4n) is 1.19. The van der Waals surface area contributed by atoms with Crippen LogP contribution in [0.3, 0.4) is 0 Å². The first-order valence-electron chi connectivity index (χ1n) is 4.54. The molecule has 0 bridgehead atoms. The Balaban J connectivity index is 2.81. The zero-order valence-electron chi connectivity index (χ0n) is 8.68. The molecule has 86 valence electrons. The summed E-state index contributed by atoms with van der Waals surface area (Å²) in [7, 11) is -1.64. The van der Waals surface area contributed by atoms with Crippen LogP contribution < -0.4 is 0 Å². The largest absolute Gasteiger partial charge is 0.215 e. The maximum Gasteiger partial charge on any atom is 0.215 e. The molecule has 0 saturated heterocycles. The Kier molecular flexibility index (Phi) is 4.58. The molecule has 0 N–H and O–H groups in total. The van der Waals surface area contributed by atoms with Gasteiger partial charge in [0.25, 0.3) is 0 Å². The second-order valence-electron chi connectivity index (χ2n) is 3.21. The third-order valence-electron chi connectivity index (χ3n) is 2.27. The predicted molar refractivity (Wildman–Crippen MR) is 65.0 cm³/mol. The summed E-state index contributed by atoms with van der Waals surface area (Å²) in [4.78, 5) is 1.04. The van der Waals surface area contributed by atoms with Crippen molar-refractivity contribution in [2.45, 2.75) is 13.0 Å². The second kappa shape index (κ2) is 5.30. The normalized spacial score (nSPS) is 14.4. The molecule has 0 amide bonds. The van der Waals surface area contributed by atoms with Gasteiger partial charge in [-0.1, -0.05) is 6.07 Å². The number of sulfonamides is 1. The van der Waals surface area contributed by atoms with Crippen molar-refractivity contribution in [2.24, 2.45) is 0 Å². The van der Waals surface area contributed by atoms with Crippen LogP contribution in [0.15, 0.2) is 17.5 Å². The molecule has 1 heterocycles. The summed E-state index contributed by atoms with van der Waals surface area (Å²) in [6.45, 7) is 1.87. The second-order valence-corrected chi connectivity index (χ2v) is 6.72. The van der Waals surface area contributed by atoms with E-state index >= 15 is 0 Å². The standard InChI is InChI=1S/C9H14ClNO2S2/c1-8(9-4-3-6-14-9)11(2)15(12,13)7-5-10/h3-4,6,8H,5,7H2,1-2H3. The molecule has 0 aliphatic carbocycles. The number of nitrogens with zero attached hydrogens (tertiary/aromatic N) is 1. The highest BCUT2D eigenvalue weighted by Crippen LogP contribution is 2.25. The molecule has 0 spiro atoms. The lowest BCUT2D eigenvalue weighted by atomic mass is 10.3. The Morgan fingerprint density at radius 1 is 1.60 bits per heavy atom. The smallest absolute Gasteiger partial charge is 0.212 e. The molecular weight excluding hydrogens is 254 g/mol. The maximum atomic E-state index is 11.7. The van der Waals surface area contributed by atoms with E-state index in [-0.39, 0.29) is 17.7 Å². The van der Waals surface area contributed by atoms with Gasteiger partial charge in [-0.05, 0) is 18.4 Å². The average molecular weight is 268 g/mol. The van der Waals surface area contributed by atoms with Crippen LogP contribution in [0.5, 0.6) is 0 Å². The van der Waals surface area contributed by atoms with Crippen molar-refractivity contribution in [2.75, 3.05) is 18.7 Å². The SMILES string of the molecule is CC(c1cccs1)N(C)S(=O)(=O)CCCl. The van der Waals surface area contributed by atoms with Gasteiger partial charge in [0.05, 0.1) is 11.8 Å². The first-order valence-corrected chi connectivity index (χ1v) is 7.56. The number of rotatable bonds is 5. The van der Waals surface area contributed by atoms with Gasteiger partial charge < -0.3 is 0 Å². The Morgan fingerprint density at radius 2 is 2.27 bits per heavy atom. The molecule has 0 radical (unpaired) electrons. The molecule has 1 aromatic heterocycles. The summed E-state index contributed by atoms with van der Waals surface area (Å²) < 4.78 is 24.8. The average Bonchev–Trinajstić information content (AvgIpc) is 2.68. The fourth-order valence-corrected chi connectivity index (χ4v) is 3.75. The van der Waals surface area contributed by atoms with E-state index in [4.69, 9.17) is 11.6 Å². The molecule has 1 rings (SSSR count). The Labute approximate surface area is 99.7 Å². The van der Waals surface area contributed by atoms with Crippen LogP contribution >= 0.6 is 22.9 Å². The first-order chi connectivity index (χ1) is 6.99. The van der Waals surface area contributed by atoms with Gasteiger partial charge in [-0.25, -0.2) is 8.42 Å². The molecule has 0 aliphatic heterocycles. The van der Waals surface area contributed by atoms with Crippen LogP contribution in [0.2, 0.25) is 0 Å².